The number of hydrogen-bond donors (Lipinski definition) is 0. The summed E-state index contributed by atoms with van der Waals surface area (Å²) in [5.74, 6) is 0.490. The number of nitrogens with zero attached hydrogens (tertiary/aromatic N) is 4. The van der Waals surface area contributed by atoms with Crippen LogP contribution in [0.2, 0.25) is 0 Å². The molecular formula is C8H8N4O3. The van der Waals surface area contributed by atoms with E-state index in [-0.39, 0.29) is 12.2 Å². The van der Waals surface area contributed by atoms with Gasteiger partial charge in [-0.2, -0.15) is 0 Å². The largest absolute Gasteiger partial charge is 0.497 e. The first kappa shape index (κ1) is 10.8. The molecule has 1 rings (SSSR count). The molecule has 7 heteroatoms. The summed E-state index contributed by atoms with van der Waals surface area (Å²) in [6.45, 7) is -0.0655. The van der Waals surface area contributed by atoms with Gasteiger partial charge in [-0.15, -0.1) is 0 Å². The third-order valence-electron chi connectivity index (χ3n) is 1.79. The molecule has 1 aromatic rings. The van der Waals surface area contributed by atoms with E-state index >= 15 is 0 Å². The normalized spacial score (nSPS) is 9.13. The first-order valence-corrected chi connectivity index (χ1v) is 4.01. The maximum atomic E-state index is 10.6. The summed E-state index contributed by atoms with van der Waals surface area (Å²) in [7, 11) is 1.46. The van der Waals surface area contributed by atoms with E-state index < -0.39 is 4.92 Å². The molecule has 0 bridgehead atoms. The molecule has 0 spiro atoms. The Morgan fingerprint density at radius 2 is 2.40 bits per heavy atom. The minimum atomic E-state index is -0.526. The number of hydrogen-bond acceptors (Lipinski definition) is 4. The van der Waals surface area contributed by atoms with Crippen molar-refractivity contribution in [3.05, 3.63) is 44.3 Å². The summed E-state index contributed by atoms with van der Waals surface area (Å²) in [4.78, 5) is 12.6. The van der Waals surface area contributed by atoms with E-state index in [1.807, 2.05) is 0 Å². The van der Waals surface area contributed by atoms with E-state index in [0.717, 1.165) is 0 Å². The van der Waals surface area contributed by atoms with Crippen molar-refractivity contribution < 1.29 is 9.66 Å². The fourth-order valence-corrected chi connectivity index (χ4v) is 1.10. The van der Waals surface area contributed by atoms with Crippen LogP contribution in [0.5, 0.6) is 5.75 Å². The molecule has 1 aromatic carbocycles. The number of benzene rings is 1. The van der Waals surface area contributed by atoms with Crippen molar-refractivity contribution in [1.82, 2.24) is 0 Å². The van der Waals surface area contributed by atoms with Gasteiger partial charge in [0, 0.05) is 16.5 Å². The lowest BCUT2D eigenvalue weighted by Gasteiger charge is -2.02. The van der Waals surface area contributed by atoms with E-state index in [4.69, 9.17) is 10.3 Å². The average molecular weight is 208 g/mol. The topological polar surface area (TPSA) is 101 Å². The van der Waals surface area contributed by atoms with Crippen molar-refractivity contribution in [2.75, 3.05) is 7.11 Å². The van der Waals surface area contributed by atoms with Gasteiger partial charge >= 0.3 is 0 Å². The minimum absolute atomic E-state index is 0.0655. The van der Waals surface area contributed by atoms with Crippen LogP contribution in [-0.4, -0.2) is 12.0 Å². The zero-order chi connectivity index (χ0) is 11.3. The van der Waals surface area contributed by atoms with Gasteiger partial charge < -0.3 is 4.74 Å². The summed E-state index contributed by atoms with van der Waals surface area (Å²) in [6.07, 6.45) is 0. The van der Waals surface area contributed by atoms with Crippen molar-refractivity contribution in [1.29, 1.82) is 0 Å². The molecule has 0 N–H and O–H groups in total. The number of nitro benzene ring substituents is 1. The molecule has 78 valence electrons. The monoisotopic (exact) mass is 208 g/mol. The highest BCUT2D eigenvalue weighted by Gasteiger charge is 2.13. The van der Waals surface area contributed by atoms with Crippen LogP contribution in [0.15, 0.2) is 23.3 Å². The Bertz CT molecular complexity index is 426. The van der Waals surface area contributed by atoms with Gasteiger partial charge in [0.05, 0.1) is 18.6 Å². The van der Waals surface area contributed by atoms with Crippen molar-refractivity contribution in [2.45, 2.75) is 6.54 Å². The second-order valence-electron chi connectivity index (χ2n) is 2.64. The van der Waals surface area contributed by atoms with Crippen LogP contribution in [0, 0.1) is 10.1 Å². The second kappa shape index (κ2) is 4.83. The van der Waals surface area contributed by atoms with Crippen LogP contribution in [0.1, 0.15) is 5.56 Å². The number of azide groups is 1. The lowest BCUT2D eigenvalue weighted by molar-refractivity contribution is -0.385. The van der Waals surface area contributed by atoms with Crippen LogP contribution in [0.25, 0.3) is 10.4 Å². The Kier molecular flexibility index (Phi) is 3.48. The molecule has 0 atom stereocenters. The molecule has 0 fully saturated rings. The Labute approximate surface area is 85.1 Å². The predicted octanol–water partition coefficient (Wildman–Crippen LogP) is 2.41. The van der Waals surface area contributed by atoms with Crippen LogP contribution >= 0.6 is 0 Å². The average Bonchev–Trinajstić information content (AvgIpc) is 2.25. The molecule has 0 aromatic heterocycles. The minimum Gasteiger partial charge on any atom is -0.497 e. The van der Waals surface area contributed by atoms with Crippen LogP contribution in [0.4, 0.5) is 5.69 Å². The summed E-state index contributed by atoms with van der Waals surface area (Å²) in [6, 6.07) is 4.28. The van der Waals surface area contributed by atoms with Gasteiger partial charge in [0.25, 0.3) is 5.69 Å². The Morgan fingerprint density at radius 1 is 1.67 bits per heavy atom. The van der Waals surface area contributed by atoms with Gasteiger partial charge in [-0.3, -0.25) is 10.1 Å². The highest BCUT2D eigenvalue weighted by atomic mass is 16.6. The van der Waals surface area contributed by atoms with E-state index in [2.05, 4.69) is 10.0 Å². The molecule has 0 aliphatic carbocycles. The molecule has 0 saturated heterocycles. The van der Waals surface area contributed by atoms with Gasteiger partial charge in [-0.1, -0.05) is 5.11 Å². The van der Waals surface area contributed by atoms with E-state index in [1.54, 1.807) is 0 Å². The fourth-order valence-electron chi connectivity index (χ4n) is 1.10. The van der Waals surface area contributed by atoms with Gasteiger partial charge in [0.15, 0.2) is 0 Å². The van der Waals surface area contributed by atoms with Gasteiger partial charge in [0.2, 0.25) is 0 Å². The number of methoxy groups -OCH3 is 1. The zero-order valence-corrected chi connectivity index (χ0v) is 7.95. The molecule has 0 unspecified atom stereocenters. The molecule has 0 radical (unpaired) electrons. The van der Waals surface area contributed by atoms with E-state index in [1.165, 1.54) is 25.3 Å². The molecule has 0 aliphatic rings. The van der Waals surface area contributed by atoms with Crippen molar-refractivity contribution >= 4 is 5.69 Å². The maximum Gasteiger partial charge on any atom is 0.272 e. The van der Waals surface area contributed by atoms with E-state index in [0.29, 0.717) is 11.3 Å². The Balaban J connectivity index is 3.15. The molecule has 0 saturated carbocycles. The van der Waals surface area contributed by atoms with Crippen molar-refractivity contribution in [3.63, 3.8) is 0 Å². The number of ether oxygens (including phenoxy) is 1. The lowest BCUT2D eigenvalue weighted by Crippen LogP contribution is -1.95. The Morgan fingerprint density at radius 3 is 2.93 bits per heavy atom. The van der Waals surface area contributed by atoms with Crippen molar-refractivity contribution in [2.24, 2.45) is 5.11 Å². The molecule has 15 heavy (non-hydrogen) atoms. The molecule has 0 heterocycles. The predicted molar refractivity (Wildman–Crippen MR) is 52.5 cm³/mol. The molecular weight excluding hydrogens is 200 g/mol. The van der Waals surface area contributed by atoms with Crippen LogP contribution in [0.3, 0.4) is 0 Å². The smallest absolute Gasteiger partial charge is 0.272 e. The van der Waals surface area contributed by atoms with Crippen LogP contribution in [-0.2, 0) is 6.54 Å². The SMILES string of the molecule is COc1ccc([N+](=O)[O-])c(CN=[N+]=[N-])c1. The standard InChI is InChI=1S/C8H8N4O3/c1-15-7-2-3-8(12(13)14)6(4-7)5-10-11-9/h2-4H,5H2,1H3. The van der Waals surface area contributed by atoms with Crippen LogP contribution < -0.4 is 4.74 Å². The van der Waals surface area contributed by atoms with Crippen molar-refractivity contribution in [3.8, 4) is 5.75 Å². The molecule has 0 amide bonds. The number of nitro groups is 1. The first-order valence-electron chi connectivity index (χ1n) is 4.01. The van der Waals surface area contributed by atoms with Gasteiger partial charge in [0.1, 0.15) is 5.75 Å². The lowest BCUT2D eigenvalue weighted by atomic mass is 10.1. The zero-order valence-electron chi connectivity index (χ0n) is 7.95. The summed E-state index contributed by atoms with van der Waals surface area (Å²) >= 11 is 0. The summed E-state index contributed by atoms with van der Waals surface area (Å²) < 4.78 is 4.91. The number of rotatable bonds is 4. The quantitative estimate of drug-likeness (QED) is 0.249. The van der Waals surface area contributed by atoms with Gasteiger partial charge in [-0.05, 0) is 17.7 Å². The molecule has 7 nitrogen and oxygen atoms in total. The fraction of sp³-hybridized carbons (Fsp3) is 0.250. The second-order valence-corrected chi connectivity index (χ2v) is 2.64. The summed E-state index contributed by atoms with van der Waals surface area (Å²) in [5.41, 5.74) is 8.39. The third-order valence-corrected chi connectivity index (χ3v) is 1.79. The van der Waals surface area contributed by atoms with Gasteiger partial charge in [-0.25, -0.2) is 0 Å². The highest BCUT2D eigenvalue weighted by molar-refractivity contribution is 5.45. The highest BCUT2D eigenvalue weighted by Crippen LogP contribution is 2.24. The maximum absolute atomic E-state index is 10.6. The first-order chi connectivity index (χ1) is 7.19. The Hall–Kier alpha value is -2.27. The third kappa shape index (κ3) is 2.58. The summed E-state index contributed by atoms with van der Waals surface area (Å²) in [5, 5.41) is 13.9. The van der Waals surface area contributed by atoms with E-state index in [9.17, 15) is 10.1 Å². The molecule has 0 aliphatic heterocycles.